The molecule has 3 rings (SSSR count). The Morgan fingerprint density at radius 2 is 1.53 bits per heavy atom. The Bertz CT molecular complexity index is 1260. The minimum absolute atomic E-state index is 0.0570. The predicted octanol–water partition coefficient (Wildman–Crippen LogP) is 9.50. The van der Waals surface area contributed by atoms with Gasteiger partial charge in [0.15, 0.2) is 8.32 Å². The lowest BCUT2D eigenvalue weighted by molar-refractivity contribution is -0.0218. The second-order valence-corrected chi connectivity index (χ2v) is 25.0. The molecule has 1 heterocycles. The molecule has 0 radical (unpaired) electrons. The first-order chi connectivity index (χ1) is 22.0. The van der Waals surface area contributed by atoms with E-state index in [0.29, 0.717) is 6.61 Å². The number of ether oxygens (including phenoxy) is 1. The van der Waals surface area contributed by atoms with Gasteiger partial charge in [-0.2, -0.15) is 0 Å². The Balaban J connectivity index is 1.66. The first-order valence-corrected chi connectivity index (χ1v) is 22.6. The molecule has 2 aromatic carbocycles. The molecule has 4 nitrogen and oxygen atoms in total. The van der Waals surface area contributed by atoms with Crippen molar-refractivity contribution in [1.82, 2.24) is 0 Å². The highest BCUT2D eigenvalue weighted by Gasteiger charge is 2.50. The van der Waals surface area contributed by atoms with Crippen LogP contribution in [0.3, 0.4) is 0 Å². The lowest BCUT2D eigenvalue weighted by Gasteiger charge is -2.43. The molecule has 2 aromatic rings. The zero-order valence-corrected chi connectivity index (χ0v) is 33.1. The van der Waals surface area contributed by atoms with Crippen molar-refractivity contribution in [3.05, 3.63) is 96.6 Å². The molecule has 1 fully saturated rings. The molecule has 6 heteroatoms. The zero-order valence-electron chi connectivity index (χ0n) is 31.1. The van der Waals surface area contributed by atoms with Crippen LogP contribution in [-0.4, -0.2) is 52.8 Å². The normalized spacial score (nSPS) is 19.7. The molecule has 0 unspecified atom stereocenters. The first-order valence-electron chi connectivity index (χ1n) is 17.8. The highest BCUT2D eigenvalue weighted by molar-refractivity contribution is 6.99. The third-order valence-electron chi connectivity index (χ3n) is 10.2. The van der Waals surface area contributed by atoms with Crippen molar-refractivity contribution in [3.63, 3.8) is 0 Å². The third-order valence-corrected chi connectivity index (χ3v) is 19.7. The van der Waals surface area contributed by atoms with Crippen LogP contribution in [-0.2, 0) is 13.6 Å². The molecule has 0 amide bonds. The van der Waals surface area contributed by atoms with Gasteiger partial charge in [0.1, 0.15) is 0 Å². The lowest BCUT2D eigenvalue weighted by Crippen LogP contribution is -2.66. The molecule has 1 saturated heterocycles. The van der Waals surface area contributed by atoms with Gasteiger partial charge in [0.2, 0.25) is 0 Å². The molecule has 0 aliphatic carbocycles. The smallest absolute Gasteiger partial charge is 0.261 e. The van der Waals surface area contributed by atoms with Gasteiger partial charge >= 0.3 is 0 Å². The zero-order chi connectivity index (χ0) is 34.9. The number of benzene rings is 2. The topological polar surface area (TPSA) is 47.9 Å². The maximum atomic E-state index is 11.1. The molecule has 1 aliphatic heterocycles. The van der Waals surface area contributed by atoms with E-state index in [2.05, 4.69) is 142 Å². The summed E-state index contributed by atoms with van der Waals surface area (Å²) in [6.45, 7) is 27.7. The Hall–Kier alpha value is -2.07. The van der Waals surface area contributed by atoms with E-state index in [9.17, 15) is 5.11 Å². The predicted molar refractivity (Wildman–Crippen MR) is 206 cm³/mol. The SMILES string of the molecule is C=C(CCCC)[C@H](O[Si](C)(C)C(C)(C)C)/C(C)=C/C=C/[C@@H](O)[C@H]1CC[C@H](CCO[Si](c2ccccc2)(c2ccccc2)C(C)(C)C)O1. The van der Waals surface area contributed by atoms with E-state index in [4.69, 9.17) is 13.6 Å². The number of hydrogen-bond donors (Lipinski definition) is 1. The summed E-state index contributed by atoms with van der Waals surface area (Å²) < 4.78 is 20.4. The van der Waals surface area contributed by atoms with Gasteiger partial charge in [0.05, 0.1) is 24.4 Å². The summed E-state index contributed by atoms with van der Waals surface area (Å²) in [6, 6.07) is 21.6. The number of unbranched alkanes of at least 4 members (excludes halogenated alkanes) is 1. The third kappa shape index (κ3) is 10.2. The molecular weight excluding hydrogens is 613 g/mol. The van der Waals surface area contributed by atoms with Crippen LogP contribution in [0, 0.1) is 0 Å². The van der Waals surface area contributed by atoms with E-state index in [1.807, 2.05) is 12.2 Å². The Morgan fingerprint density at radius 1 is 0.957 bits per heavy atom. The molecule has 260 valence electrons. The number of hydrogen-bond acceptors (Lipinski definition) is 4. The molecule has 47 heavy (non-hydrogen) atoms. The standard InChI is InChI=1S/C41H64O4Si2/c1-12-13-21-32(2)39(45-46(10,11)40(4,5)6)33(3)22-20-27-37(42)38-29-28-34(44-38)30-31-43-47(41(7,8)9,35-23-16-14-17-24-35)36-25-18-15-19-26-36/h14-20,22-27,34,37-39,42H,2,12-13,21,28-31H2,1,3-11H3/b27-20+,33-22+/t34-,37-,38-,39+/m1/s1. The minimum atomic E-state index is -2.58. The quantitative estimate of drug-likeness (QED) is 0.109. The molecule has 0 bridgehead atoms. The molecule has 4 atom stereocenters. The lowest BCUT2D eigenvalue weighted by atomic mass is 9.99. The van der Waals surface area contributed by atoms with Gasteiger partial charge in [-0.1, -0.05) is 140 Å². The Morgan fingerprint density at radius 3 is 2.04 bits per heavy atom. The minimum Gasteiger partial charge on any atom is -0.407 e. The summed E-state index contributed by atoms with van der Waals surface area (Å²) in [6.07, 6.45) is 10.8. The van der Waals surface area contributed by atoms with E-state index in [1.165, 1.54) is 10.4 Å². The van der Waals surface area contributed by atoms with Crippen LogP contribution in [0.4, 0.5) is 0 Å². The number of aliphatic hydroxyl groups excluding tert-OH is 1. The van der Waals surface area contributed by atoms with Crippen LogP contribution in [0.5, 0.6) is 0 Å². The summed E-state index contributed by atoms with van der Waals surface area (Å²) in [5.41, 5.74) is 2.27. The van der Waals surface area contributed by atoms with Crippen molar-refractivity contribution in [2.75, 3.05) is 6.61 Å². The summed E-state index contributed by atoms with van der Waals surface area (Å²) in [5.74, 6) is 0. The van der Waals surface area contributed by atoms with E-state index < -0.39 is 22.7 Å². The van der Waals surface area contributed by atoms with Crippen LogP contribution in [0.2, 0.25) is 23.2 Å². The fourth-order valence-electron chi connectivity index (χ4n) is 6.34. The molecule has 0 aromatic heterocycles. The maximum Gasteiger partial charge on any atom is 0.261 e. The van der Waals surface area contributed by atoms with Gasteiger partial charge in [-0.05, 0) is 83.7 Å². The second kappa shape index (κ2) is 17.0. The van der Waals surface area contributed by atoms with E-state index >= 15 is 0 Å². The van der Waals surface area contributed by atoms with Gasteiger partial charge in [-0.3, -0.25) is 0 Å². The van der Waals surface area contributed by atoms with Gasteiger partial charge < -0.3 is 18.7 Å². The molecule has 1 N–H and O–H groups in total. The summed E-state index contributed by atoms with van der Waals surface area (Å²) in [5, 5.41) is 13.7. The number of aliphatic hydroxyl groups is 1. The van der Waals surface area contributed by atoms with E-state index in [0.717, 1.165) is 49.7 Å². The largest absolute Gasteiger partial charge is 0.407 e. The summed E-state index contributed by atoms with van der Waals surface area (Å²) in [4.78, 5) is 0. The van der Waals surface area contributed by atoms with Crippen molar-refractivity contribution in [1.29, 1.82) is 0 Å². The summed E-state index contributed by atoms with van der Waals surface area (Å²) in [7, 11) is -4.57. The van der Waals surface area contributed by atoms with Crippen LogP contribution in [0.1, 0.15) is 93.9 Å². The van der Waals surface area contributed by atoms with Crippen LogP contribution < -0.4 is 10.4 Å². The Labute approximate surface area is 289 Å². The monoisotopic (exact) mass is 676 g/mol. The number of allylic oxidation sites excluding steroid dienone is 2. The average Bonchev–Trinajstić information content (AvgIpc) is 3.49. The maximum absolute atomic E-state index is 11.1. The van der Waals surface area contributed by atoms with Crippen LogP contribution in [0.25, 0.3) is 0 Å². The van der Waals surface area contributed by atoms with Crippen molar-refractivity contribution in [2.24, 2.45) is 0 Å². The van der Waals surface area contributed by atoms with Crippen LogP contribution in [0.15, 0.2) is 96.6 Å². The van der Waals surface area contributed by atoms with E-state index in [1.54, 1.807) is 0 Å². The molecular formula is C41H64O4Si2. The highest BCUT2D eigenvalue weighted by atomic mass is 28.4. The van der Waals surface area contributed by atoms with Crippen molar-refractivity contribution < 1.29 is 18.7 Å². The van der Waals surface area contributed by atoms with Crippen molar-refractivity contribution >= 4 is 27.0 Å². The van der Waals surface area contributed by atoms with Crippen LogP contribution >= 0.6 is 0 Å². The summed E-state index contributed by atoms with van der Waals surface area (Å²) >= 11 is 0. The first kappa shape index (κ1) is 39.4. The second-order valence-electron chi connectivity index (χ2n) is 16.0. The van der Waals surface area contributed by atoms with E-state index in [-0.39, 0.29) is 28.4 Å². The molecule has 0 saturated carbocycles. The fourth-order valence-corrected chi connectivity index (χ4v) is 12.2. The van der Waals surface area contributed by atoms with Gasteiger partial charge in [0, 0.05) is 6.61 Å². The molecule has 0 spiro atoms. The number of rotatable bonds is 16. The average molecular weight is 677 g/mol. The Kier molecular flexibility index (Phi) is 14.3. The van der Waals surface area contributed by atoms with Gasteiger partial charge in [-0.15, -0.1) is 0 Å². The van der Waals surface area contributed by atoms with Crippen molar-refractivity contribution in [3.8, 4) is 0 Å². The van der Waals surface area contributed by atoms with Gasteiger partial charge in [0.25, 0.3) is 8.32 Å². The highest BCUT2D eigenvalue weighted by Crippen LogP contribution is 2.40. The van der Waals surface area contributed by atoms with Gasteiger partial charge in [-0.25, -0.2) is 0 Å². The van der Waals surface area contributed by atoms with Crippen molar-refractivity contribution in [2.45, 2.75) is 142 Å². The fraction of sp³-hybridized carbons (Fsp3) is 0.561. The molecule has 1 aliphatic rings.